The molecule has 8 heteroatoms. The maximum absolute atomic E-state index is 12.0. The number of amides is 2. The van der Waals surface area contributed by atoms with Crippen LogP contribution in [0.3, 0.4) is 0 Å². The topological polar surface area (TPSA) is 78.4 Å². The zero-order chi connectivity index (χ0) is 14.5. The lowest BCUT2D eigenvalue weighted by atomic mass is 10.1. The van der Waals surface area contributed by atoms with Gasteiger partial charge in [0.2, 0.25) is 16.9 Å². The molecule has 0 aromatic carbocycles. The van der Waals surface area contributed by atoms with Crippen LogP contribution in [0.2, 0.25) is 0 Å². The van der Waals surface area contributed by atoms with Crippen LogP contribution in [0.25, 0.3) is 0 Å². The maximum Gasteiger partial charge on any atom is 0.231 e. The summed E-state index contributed by atoms with van der Waals surface area (Å²) in [5, 5.41) is 10.6. The van der Waals surface area contributed by atoms with Gasteiger partial charge in [-0.15, -0.1) is 10.2 Å². The van der Waals surface area contributed by atoms with Crippen molar-refractivity contribution in [2.24, 2.45) is 5.92 Å². The molecule has 1 unspecified atom stereocenters. The summed E-state index contributed by atoms with van der Waals surface area (Å²) in [6.07, 6.45) is 1.20. The Morgan fingerprint density at radius 3 is 3.05 bits per heavy atom. The van der Waals surface area contributed by atoms with E-state index in [9.17, 15) is 9.59 Å². The molecule has 0 aliphatic carbocycles. The van der Waals surface area contributed by atoms with Crippen LogP contribution in [0.1, 0.15) is 12.8 Å². The predicted molar refractivity (Wildman–Crippen MR) is 76.4 cm³/mol. The van der Waals surface area contributed by atoms with Crippen LogP contribution >= 0.6 is 11.3 Å². The van der Waals surface area contributed by atoms with Gasteiger partial charge in [-0.1, -0.05) is 11.3 Å². The quantitative estimate of drug-likeness (QED) is 0.816. The van der Waals surface area contributed by atoms with E-state index in [0.29, 0.717) is 18.2 Å². The molecule has 0 saturated carbocycles. The molecule has 1 atom stereocenters. The van der Waals surface area contributed by atoms with Crippen molar-refractivity contribution in [3.8, 4) is 0 Å². The lowest BCUT2D eigenvalue weighted by Gasteiger charge is -2.17. The highest BCUT2D eigenvalue weighted by atomic mass is 32.1. The minimum Gasteiger partial charge on any atom is -0.342 e. The number of hydrogen-bond donors (Lipinski definition) is 1. The lowest BCUT2D eigenvalue weighted by molar-refractivity contribution is -0.128. The van der Waals surface area contributed by atoms with Gasteiger partial charge in [0.05, 0.1) is 5.92 Å². The number of hydrogen-bond acceptors (Lipinski definition) is 6. The molecular formula is C12H19N5O2S. The highest BCUT2D eigenvalue weighted by Gasteiger charge is 2.34. The Bertz CT molecular complexity index is 462. The zero-order valence-corrected chi connectivity index (χ0v) is 12.5. The molecule has 7 nitrogen and oxygen atoms in total. The predicted octanol–water partition coefficient (Wildman–Crippen LogP) is 0.277. The maximum atomic E-state index is 12.0. The van der Waals surface area contributed by atoms with Gasteiger partial charge in [-0.3, -0.25) is 9.59 Å². The van der Waals surface area contributed by atoms with Gasteiger partial charge >= 0.3 is 0 Å². The number of aromatic nitrogens is 2. The van der Waals surface area contributed by atoms with Gasteiger partial charge in [0, 0.05) is 19.5 Å². The number of rotatable bonds is 6. The van der Waals surface area contributed by atoms with Crippen molar-refractivity contribution in [3.05, 3.63) is 5.51 Å². The molecule has 1 aromatic heterocycles. The van der Waals surface area contributed by atoms with Crippen molar-refractivity contribution >= 4 is 28.3 Å². The summed E-state index contributed by atoms with van der Waals surface area (Å²) in [5.41, 5.74) is 1.56. The van der Waals surface area contributed by atoms with Crippen molar-refractivity contribution in [1.29, 1.82) is 0 Å². The Kier molecular flexibility index (Phi) is 5.02. The highest BCUT2D eigenvalue weighted by Crippen LogP contribution is 2.20. The SMILES string of the molecule is CN(C)CCCN1CC(C(=O)Nc2nncs2)CC1=O. The van der Waals surface area contributed by atoms with Crippen LogP contribution in [0.5, 0.6) is 0 Å². The summed E-state index contributed by atoms with van der Waals surface area (Å²) >= 11 is 1.27. The van der Waals surface area contributed by atoms with E-state index in [-0.39, 0.29) is 24.2 Å². The van der Waals surface area contributed by atoms with E-state index in [1.165, 1.54) is 11.3 Å². The molecule has 20 heavy (non-hydrogen) atoms. The number of carbonyl (C=O) groups excluding carboxylic acids is 2. The lowest BCUT2D eigenvalue weighted by Crippen LogP contribution is -2.30. The third-order valence-corrected chi connectivity index (χ3v) is 3.82. The van der Waals surface area contributed by atoms with Gasteiger partial charge in [-0.2, -0.15) is 0 Å². The van der Waals surface area contributed by atoms with Crippen molar-refractivity contribution < 1.29 is 9.59 Å². The van der Waals surface area contributed by atoms with Gasteiger partial charge in [-0.05, 0) is 27.1 Å². The molecule has 1 N–H and O–H groups in total. The molecule has 2 heterocycles. The minimum absolute atomic E-state index is 0.0566. The van der Waals surface area contributed by atoms with Crippen LogP contribution < -0.4 is 5.32 Å². The Morgan fingerprint density at radius 2 is 2.40 bits per heavy atom. The Hall–Kier alpha value is -1.54. The fourth-order valence-electron chi connectivity index (χ4n) is 2.18. The number of nitrogens with zero attached hydrogens (tertiary/aromatic N) is 4. The second kappa shape index (κ2) is 6.76. The molecule has 2 rings (SSSR count). The first-order valence-corrected chi connectivity index (χ1v) is 7.43. The second-order valence-electron chi connectivity index (χ2n) is 5.13. The van der Waals surface area contributed by atoms with Gasteiger partial charge in [0.15, 0.2) is 0 Å². The molecule has 1 aromatic rings. The van der Waals surface area contributed by atoms with E-state index in [4.69, 9.17) is 0 Å². The van der Waals surface area contributed by atoms with E-state index in [0.717, 1.165) is 13.0 Å². The monoisotopic (exact) mass is 297 g/mol. The van der Waals surface area contributed by atoms with E-state index >= 15 is 0 Å². The normalized spacial score (nSPS) is 18.9. The van der Waals surface area contributed by atoms with Crippen molar-refractivity contribution in [2.45, 2.75) is 12.8 Å². The number of nitrogens with one attached hydrogen (secondary N) is 1. The molecule has 1 saturated heterocycles. The summed E-state index contributed by atoms with van der Waals surface area (Å²) in [6.45, 7) is 2.14. The number of anilines is 1. The first-order chi connectivity index (χ1) is 9.56. The first kappa shape index (κ1) is 14.9. The average molecular weight is 297 g/mol. The van der Waals surface area contributed by atoms with Crippen molar-refractivity contribution in [3.63, 3.8) is 0 Å². The Labute approximate surface area is 122 Å². The molecule has 0 spiro atoms. The van der Waals surface area contributed by atoms with E-state index < -0.39 is 0 Å². The van der Waals surface area contributed by atoms with Crippen LogP contribution in [-0.4, -0.2) is 65.5 Å². The summed E-state index contributed by atoms with van der Waals surface area (Å²) in [4.78, 5) is 27.8. The molecule has 0 bridgehead atoms. The molecule has 2 amide bonds. The smallest absolute Gasteiger partial charge is 0.231 e. The first-order valence-electron chi connectivity index (χ1n) is 6.56. The fraction of sp³-hybridized carbons (Fsp3) is 0.667. The van der Waals surface area contributed by atoms with Crippen LogP contribution in [0.15, 0.2) is 5.51 Å². The van der Waals surface area contributed by atoms with E-state index in [1.54, 1.807) is 10.4 Å². The Balaban J connectivity index is 1.80. The van der Waals surface area contributed by atoms with E-state index in [1.807, 2.05) is 14.1 Å². The van der Waals surface area contributed by atoms with Gasteiger partial charge in [0.25, 0.3) is 0 Å². The zero-order valence-electron chi connectivity index (χ0n) is 11.7. The summed E-state index contributed by atoms with van der Waals surface area (Å²) in [5.74, 6) is -0.378. The molecule has 1 aliphatic rings. The van der Waals surface area contributed by atoms with Gasteiger partial charge < -0.3 is 15.1 Å². The fourth-order valence-corrected chi connectivity index (χ4v) is 2.62. The third-order valence-electron chi connectivity index (χ3n) is 3.21. The standard InChI is InChI=1S/C12H19N5O2S/c1-16(2)4-3-5-17-7-9(6-10(17)18)11(19)14-12-15-13-8-20-12/h8-9H,3-7H2,1-2H3,(H,14,15,19). The minimum atomic E-state index is -0.286. The molecular weight excluding hydrogens is 278 g/mol. The summed E-state index contributed by atoms with van der Waals surface area (Å²) < 4.78 is 0. The molecule has 0 radical (unpaired) electrons. The van der Waals surface area contributed by atoms with Crippen molar-refractivity contribution in [1.82, 2.24) is 20.0 Å². The molecule has 110 valence electrons. The highest BCUT2D eigenvalue weighted by molar-refractivity contribution is 7.13. The second-order valence-corrected chi connectivity index (χ2v) is 5.96. The van der Waals surface area contributed by atoms with Gasteiger partial charge in [0.1, 0.15) is 5.51 Å². The molecule has 1 aliphatic heterocycles. The van der Waals surface area contributed by atoms with Crippen LogP contribution in [-0.2, 0) is 9.59 Å². The number of likely N-dealkylation sites (tertiary alicyclic amines) is 1. The van der Waals surface area contributed by atoms with Crippen LogP contribution in [0.4, 0.5) is 5.13 Å². The summed E-state index contributed by atoms with van der Waals surface area (Å²) in [7, 11) is 4.01. The van der Waals surface area contributed by atoms with E-state index in [2.05, 4.69) is 20.4 Å². The Morgan fingerprint density at radius 1 is 1.60 bits per heavy atom. The summed E-state index contributed by atoms with van der Waals surface area (Å²) in [6, 6.07) is 0. The average Bonchev–Trinajstić information content (AvgIpc) is 2.99. The molecule has 1 fully saturated rings. The van der Waals surface area contributed by atoms with Gasteiger partial charge in [-0.25, -0.2) is 0 Å². The third kappa shape index (κ3) is 3.97. The number of carbonyl (C=O) groups is 2. The largest absolute Gasteiger partial charge is 0.342 e. The van der Waals surface area contributed by atoms with Crippen LogP contribution in [0, 0.1) is 5.92 Å². The van der Waals surface area contributed by atoms with Crippen molar-refractivity contribution in [2.75, 3.05) is 39.0 Å².